The van der Waals surface area contributed by atoms with E-state index in [0.717, 1.165) is 36.2 Å². The maximum atomic E-state index is 15.3. The van der Waals surface area contributed by atoms with Crippen LogP contribution in [0.2, 0.25) is 0 Å². The lowest BCUT2D eigenvalue weighted by molar-refractivity contribution is 0.212. The van der Waals surface area contributed by atoms with Gasteiger partial charge in [0.1, 0.15) is 5.82 Å². The van der Waals surface area contributed by atoms with Crippen molar-refractivity contribution in [3.05, 3.63) is 95.8 Å². The fourth-order valence-electron chi connectivity index (χ4n) is 6.43. The van der Waals surface area contributed by atoms with E-state index in [0.29, 0.717) is 16.7 Å². The van der Waals surface area contributed by atoms with Crippen molar-refractivity contribution in [3.63, 3.8) is 0 Å². The van der Waals surface area contributed by atoms with Gasteiger partial charge in [-0.2, -0.15) is 4.39 Å². The Labute approximate surface area is 230 Å². The highest BCUT2D eigenvalue weighted by molar-refractivity contribution is 5.74. The first-order chi connectivity index (χ1) is 19.0. The van der Waals surface area contributed by atoms with Gasteiger partial charge in [-0.05, 0) is 117 Å². The summed E-state index contributed by atoms with van der Waals surface area (Å²) in [6.07, 6.45) is 15.4. The molecule has 0 saturated heterocycles. The highest BCUT2D eigenvalue weighted by atomic mass is 19.2. The van der Waals surface area contributed by atoms with Crippen molar-refractivity contribution in [2.45, 2.75) is 58.8 Å². The molecule has 2 aliphatic carbocycles. The van der Waals surface area contributed by atoms with E-state index in [1.54, 1.807) is 37.3 Å². The molecule has 1 fully saturated rings. The van der Waals surface area contributed by atoms with E-state index in [2.05, 4.69) is 25.2 Å². The molecule has 0 amide bonds. The molecule has 0 aromatic heterocycles. The zero-order valence-electron chi connectivity index (χ0n) is 22.9. The van der Waals surface area contributed by atoms with Crippen LogP contribution in [0.25, 0.3) is 27.8 Å². The number of rotatable bonds is 7. The standard InChI is InChI=1S/C35H37F3O/c1-3-5-23-6-8-24(9-7-23)25-10-12-26(13-11-25)29-18-19-30(32(36)22-29)27-14-16-28(17-15-27)31-20-21-33(39-4-2)35(38)34(31)37/h3,5,12,14-25H,4,6-11,13H2,1-2H3/b5-3+. The molecule has 1 unspecified atom stereocenters. The Morgan fingerprint density at radius 2 is 1.44 bits per heavy atom. The Morgan fingerprint density at radius 1 is 0.769 bits per heavy atom. The summed E-state index contributed by atoms with van der Waals surface area (Å²) in [4.78, 5) is 0. The molecule has 0 heterocycles. The molecule has 39 heavy (non-hydrogen) atoms. The Bertz CT molecular complexity index is 1350. The maximum Gasteiger partial charge on any atom is 0.201 e. The molecule has 0 radical (unpaired) electrons. The zero-order chi connectivity index (χ0) is 27.4. The topological polar surface area (TPSA) is 9.23 Å². The van der Waals surface area contributed by atoms with Crippen LogP contribution in [-0.4, -0.2) is 6.61 Å². The Balaban J connectivity index is 1.26. The van der Waals surface area contributed by atoms with E-state index in [9.17, 15) is 8.78 Å². The smallest absolute Gasteiger partial charge is 0.201 e. The average Bonchev–Trinajstić information content (AvgIpc) is 2.97. The lowest BCUT2D eigenvalue weighted by Crippen LogP contribution is -2.22. The van der Waals surface area contributed by atoms with Crippen molar-refractivity contribution >= 4 is 5.57 Å². The number of hydrogen-bond donors (Lipinski definition) is 0. The van der Waals surface area contributed by atoms with Crippen molar-refractivity contribution in [1.29, 1.82) is 0 Å². The number of ether oxygens (including phenoxy) is 1. The third kappa shape index (κ3) is 6.00. The monoisotopic (exact) mass is 530 g/mol. The first-order valence-corrected chi connectivity index (χ1v) is 14.3. The second-order valence-electron chi connectivity index (χ2n) is 10.9. The molecule has 0 aliphatic heterocycles. The average molecular weight is 531 g/mol. The third-order valence-electron chi connectivity index (χ3n) is 8.59. The van der Waals surface area contributed by atoms with Gasteiger partial charge in [0.15, 0.2) is 11.6 Å². The van der Waals surface area contributed by atoms with Crippen LogP contribution in [0.1, 0.15) is 64.4 Å². The van der Waals surface area contributed by atoms with Crippen molar-refractivity contribution in [2.24, 2.45) is 17.8 Å². The lowest BCUT2D eigenvalue weighted by atomic mass is 9.71. The molecule has 0 spiro atoms. The summed E-state index contributed by atoms with van der Waals surface area (Å²) < 4.78 is 49.3. The Kier molecular flexibility index (Phi) is 8.60. The summed E-state index contributed by atoms with van der Waals surface area (Å²) in [7, 11) is 0. The molecule has 3 aromatic rings. The van der Waals surface area contributed by atoms with Gasteiger partial charge in [-0.1, -0.05) is 54.6 Å². The highest BCUT2D eigenvalue weighted by Crippen LogP contribution is 2.42. The van der Waals surface area contributed by atoms with Crippen LogP contribution in [0.3, 0.4) is 0 Å². The van der Waals surface area contributed by atoms with Gasteiger partial charge in [0.2, 0.25) is 5.82 Å². The van der Waals surface area contributed by atoms with E-state index in [1.165, 1.54) is 49.8 Å². The molecule has 0 bridgehead atoms. The molecule has 204 valence electrons. The first-order valence-electron chi connectivity index (χ1n) is 14.3. The van der Waals surface area contributed by atoms with Crippen molar-refractivity contribution in [1.82, 2.24) is 0 Å². The largest absolute Gasteiger partial charge is 0.491 e. The van der Waals surface area contributed by atoms with E-state index in [1.807, 2.05) is 12.1 Å². The molecule has 3 aromatic carbocycles. The Hall–Kier alpha value is -3.27. The molecule has 1 saturated carbocycles. The van der Waals surface area contributed by atoms with Crippen molar-refractivity contribution < 1.29 is 17.9 Å². The Morgan fingerprint density at radius 3 is 2.05 bits per heavy atom. The summed E-state index contributed by atoms with van der Waals surface area (Å²) >= 11 is 0. The van der Waals surface area contributed by atoms with Gasteiger partial charge in [-0.25, -0.2) is 8.78 Å². The molecule has 2 aliphatic rings. The van der Waals surface area contributed by atoms with Gasteiger partial charge < -0.3 is 4.74 Å². The lowest BCUT2D eigenvalue weighted by Gasteiger charge is -2.34. The molecular formula is C35H37F3O. The van der Waals surface area contributed by atoms with Gasteiger partial charge >= 0.3 is 0 Å². The predicted octanol–water partition coefficient (Wildman–Crippen LogP) is 10.4. The van der Waals surface area contributed by atoms with E-state index < -0.39 is 11.6 Å². The van der Waals surface area contributed by atoms with Crippen LogP contribution in [0.5, 0.6) is 5.75 Å². The number of allylic oxidation sites excluding steroid dienone is 4. The summed E-state index contributed by atoms with van der Waals surface area (Å²) in [5, 5.41) is 0. The van der Waals surface area contributed by atoms with Crippen LogP contribution in [0, 0.1) is 35.2 Å². The van der Waals surface area contributed by atoms with Gasteiger partial charge in [-0.3, -0.25) is 0 Å². The molecule has 4 heteroatoms. The quantitative estimate of drug-likeness (QED) is 0.276. The van der Waals surface area contributed by atoms with E-state index in [4.69, 9.17) is 4.74 Å². The number of benzene rings is 3. The van der Waals surface area contributed by atoms with Gasteiger partial charge in [0.05, 0.1) is 6.61 Å². The van der Waals surface area contributed by atoms with Crippen LogP contribution in [0.15, 0.2) is 72.8 Å². The van der Waals surface area contributed by atoms with E-state index in [-0.39, 0.29) is 23.7 Å². The molecule has 1 nitrogen and oxygen atoms in total. The van der Waals surface area contributed by atoms with Gasteiger partial charge in [0.25, 0.3) is 0 Å². The summed E-state index contributed by atoms with van der Waals surface area (Å²) in [6, 6.07) is 15.3. The van der Waals surface area contributed by atoms with Gasteiger partial charge in [0, 0.05) is 11.1 Å². The SMILES string of the molecule is C/C=C/C1CCC(C2CC=C(c3ccc(-c4ccc(-c5ccc(OCC)c(F)c5F)cc4)c(F)c3)CC2)CC1. The third-order valence-corrected chi connectivity index (χ3v) is 8.59. The summed E-state index contributed by atoms with van der Waals surface area (Å²) in [5.41, 5.74) is 4.05. The fourth-order valence-corrected chi connectivity index (χ4v) is 6.43. The van der Waals surface area contributed by atoms with Crippen LogP contribution in [0.4, 0.5) is 13.2 Å². The minimum atomic E-state index is -1.000. The van der Waals surface area contributed by atoms with Crippen LogP contribution in [-0.2, 0) is 0 Å². The summed E-state index contributed by atoms with van der Waals surface area (Å²) in [6.45, 7) is 4.08. The summed E-state index contributed by atoms with van der Waals surface area (Å²) in [5.74, 6) is -0.00322. The minimum absolute atomic E-state index is 0.103. The normalized spacial score (nSPS) is 21.7. The second-order valence-corrected chi connectivity index (χ2v) is 10.9. The van der Waals surface area contributed by atoms with Crippen molar-refractivity contribution in [3.8, 4) is 28.0 Å². The number of halogens is 3. The molecule has 1 atom stereocenters. The van der Waals surface area contributed by atoms with Crippen LogP contribution < -0.4 is 4.74 Å². The zero-order valence-corrected chi connectivity index (χ0v) is 22.9. The maximum absolute atomic E-state index is 15.3. The predicted molar refractivity (Wildman–Crippen MR) is 154 cm³/mol. The fraction of sp³-hybridized carbons (Fsp3) is 0.371. The van der Waals surface area contributed by atoms with Gasteiger partial charge in [-0.15, -0.1) is 0 Å². The molecule has 0 N–H and O–H groups in total. The highest BCUT2D eigenvalue weighted by Gasteiger charge is 2.28. The minimum Gasteiger partial charge on any atom is -0.491 e. The van der Waals surface area contributed by atoms with Crippen molar-refractivity contribution in [2.75, 3.05) is 6.61 Å². The molecular weight excluding hydrogens is 493 g/mol. The number of hydrogen-bond acceptors (Lipinski definition) is 1. The first kappa shape index (κ1) is 27.3. The second kappa shape index (κ2) is 12.3. The van der Waals surface area contributed by atoms with E-state index >= 15 is 4.39 Å². The molecule has 5 rings (SSSR count). The van der Waals surface area contributed by atoms with Crippen LogP contribution >= 0.6 is 0 Å².